The van der Waals surface area contributed by atoms with Crippen LogP contribution in [-0.2, 0) is 19.6 Å². The fourth-order valence-electron chi connectivity index (χ4n) is 3.26. The van der Waals surface area contributed by atoms with Gasteiger partial charge in [0.05, 0.1) is 17.4 Å². The molecule has 2 aliphatic rings. The molecule has 0 saturated carbocycles. The number of nitrogens with one attached hydrogen (secondary N) is 1. The normalized spacial score (nSPS) is 20.0. The topological polar surface area (TPSA) is 99.2 Å². The first-order valence-corrected chi connectivity index (χ1v) is 11.7. The minimum Gasteiger partial charge on any atom is -0.312 e. The third-order valence-corrected chi connectivity index (χ3v) is 7.76. The van der Waals surface area contributed by atoms with Gasteiger partial charge >= 0.3 is 0 Å². The summed E-state index contributed by atoms with van der Waals surface area (Å²) in [4.78, 5) is 30.7. The Morgan fingerprint density at radius 3 is 2.54 bits per heavy atom. The Bertz CT molecular complexity index is 879. The van der Waals surface area contributed by atoms with Gasteiger partial charge in [-0.05, 0) is 24.3 Å². The molecule has 1 N–H and O–H groups in total. The van der Waals surface area contributed by atoms with E-state index < -0.39 is 15.9 Å². The molecule has 1 aromatic rings. The molecule has 2 heterocycles. The number of thioether (sulfide) groups is 1. The molecule has 0 bridgehead atoms. The molecule has 1 atom stereocenters. The number of amides is 2. The van der Waals surface area contributed by atoms with Crippen molar-refractivity contribution in [3.8, 4) is 0 Å². The lowest BCUT2D eigenvalue weighted by molar-refractivity contribution is -0.125. The number of aliphatic imine (C=N–C) groups is 1. The van der Waals surface area contributed by atoms with E-state index in [0.29, 0.717) is 30.5 Å². The van der Waals surface area contributed by atoms with Crippen LogP contribution in [0.5, 0.6) is 0 Å². The van der Waals surface area contributed by atoms with Crippen molar-refractivity contribution < 1.29 is 18.0 Å². The molecule has 0 spiro atoms. The molecule has 1 fully saturated rings. The van der Waals surface area contributed by atoms with Crippen molar-refractivity contribution in [1.29, 1.82) is 0 Å². The number of carbonyl (C=O) groups excluding carboxylic acids is 2. The summed E-state index contributed by atoms with van der Waals surface area (Å²) < 4.78 is 26.5. The van der Waals surface area contributed by atoms with E-state index in [9.17, 15) is 18.0 Å². The summed E-state index contributed by atoms with van der Waals surface area (Å²) in [6, 6.07) is 6.25. The molecule has 152 valence electrons. The Hall–Kier alpha value is -1.91. The average molecular weight is 425 g/mol. The maximum absolute atomic E-state index is 12.6. The second-order valence-electron chi connectivity index (χ2n) is 6.51. The van der Waals surface area contributed by atoms with Gasteiger partial charge in [-0.2, -0.15) is 4.31 Å². The van der Waals surface area contributed by atoms with Gasteiger partial charge in [-0.25, -0.2) is 8.42 Å². The van der Waals surface area contributed by atoms with Crippen LogP contribution in [0.3, 0.4) is 0 Å². The molecule has 1 aromatic carbocycles. The maximum Gasteiger partial charge on any atom is 0.243 e. The minimum atomic E-state index is -3.54. The quantitative estimate of drug-likeness (QED) is 0.742. The van der Waals surface area contributed by atoms with Gasteiger partial charge in [0.2, 0.25) is 21.8 Å². The summed E-state index contributed by atoms with van der Waals surface area (Å²) in [7, 11) is -3.54. The van der Waals surface area contributed by atoms with Gasteiger partial charge in [0.25, 0.3) is 0 Å². The van der Waals surface area contributed by atoms with Crippen LogP contribution >= 0.6 is 11.8 Å². The first-order valence-electron chi connectivity index (χ1n) is 9.25. The Kier molecular flexibility index (Phi) is 6.41. The van der Waals surface area contributed by atoms with Gasteiger partial charge in [0.15, 0.2) is 5.17 Å². The van der Waals surface area contributed by atoms with Gasteiger partial charge in [-0.3, -0.25) is 14.6 Å². The highest BCUT2D eigenvalue weighted by atomic mass is 32.2. The number of sulfonamides is 1. The van der Waals surface area contributed by atoms with Gasteiger partial charge < -0.3 is 10.2 Å². The molecular formula is C18H24N4O4S2. The van der Waals surface area contributed by atoms with E-state index in [0.717, 1.165) is 5.75 Å². The number of rotatable bonds is 6. The van der Waals surface area contributed by atoms with Gasteiger partial charge in [-0.15, -0.1) is 0 Å². The Morgan fingerprint density at radius 1 is 1.29 bits per heavy atom. The van der Waals surface area contributed by atoms with Crippen LogP contribution < -0.4 is 10.2 Å². The predicted molar refractivity (Wildman–Crippen MR) is 110 cm³/mol. The zero-order chi connectivity index (χ0) is 20.3. The van der Waals surface area contributed by atoms with E-state index in [1.807, 2.05) is 0 Å². The molecule has 1 unspecified atom stereocenters. The summed E-state index contributed by atoms with van der Waals surface area (Å²) in [6.45, 7) is 5.33. The molecule has 10 heteroatoms. The van der Waals surface area contributed by atoms with Gasteiger partial charge in [0, 0.05) is 37.5 Å². The van der Waals surface area contributed by atoms with E-state index in [4.69, 9.17) is 0 Å². The summed E-state index contributed by atoms with van der Waals surface area (Å²) in [5, 5.41) is 3.39. The first kappa shape index (κ1) is 20.8. The summed E-state index contributed by atoms with van der Waals surface area (Å²) in [5.74, 6) is 0.0504. The van der Waals surface area contributed by atoms with Crippen molar-refractivity contribution in [2.45, 2.75) is 25.2 Å². The SMILES string of the molecule is CCN(CC)S(=O)(=O)c1ccc(N2CC(C(=O)NC3=NCCS3)CC2=O)cc1. The maximum atomic E-state index is 12.6. The van der Waals surface area contributed by atoms with Gasteiger partial charge in [0.1, 0.15) is 0 Å². The van der Waals surface area contributed by atoms with Crippen LogP contribution in [0.15, 0.2) is 34.2 Å². The highest BCUT2D eigenvalue weighted by molar-refractivity contribution is 8.14. The highest BCUT2D eigenvalue weighted by Gasteiger charge is 2.36. The fraction of sp³-hybridized carbons (Fsp3) is 0.500. The summed E-state index contributed by atoms with van der Waals surface area (Å²) >= 11 is 1.50. The molecule has 0 aromatic heterocycles. The number of nitrogens with zero attached hydrogens (tertiary/aromatic N) is 3. The van der Waals surface area contributed by atoms with Crippen molar-refractivity contribution >= 4 is 44.5 Å². The molecule has 0 aliphatic carbocycles. The van der Waals surface area contributed by atoms with Crippen LogP contribution in [-0.4, -0.2) is 61.6 Å². The van der Waals surface area contributed by atoms with Crippen molar-refractivity contribution in [2.75, 3.05) is 36.8 Å². The Labute approximate surface area is 169 Å². The molecule has 2 aliphatic heterocycles. The minimum absolute atomic E-state index is 0.128. The van der Waals surface area contributed by atoms with E-state index in [1.165, 1.54) is 33.1 Å². The van der Waals surface area contributed by atoms with Crippen molar-refractivity contribution in [3.63, 3.8) is 0 Å². The average Bonchev–Trinajstić information content (AvgIpc) is 3.32. The second kappa shape index (κ2) is 8.62. The Balaban J connectivity index is 1.70. The predicted octanol–water partition coefficient (Wildman–Crippen LogP) is 1.29. The van der Waals surface area contributed by atoms with E-state index >= 15 is 0 Å². The zero-order valence-corrected chi connectivity index (χ0v) is 17.6. The van der Waals surface area contributed by atoms with Crippen LogP contribution in [0.2, 0.25) is 0 Å². The highest BCUT2D eigenvalue weighted by Crippen LogP contribution is 2.27. The largest absolute Gasteiger partial charge is 0.312 e. The Morgan fingerprint density at radius 2 is 1.96 bits per heavy atom. The van der Waals surface area contributed by atoms with Crippen LogP contribution in [0.4, 0.5) is 5.69 Å². The van der Waals surface area contributed by atoms with E-state index in [1.54, 1.807) is 26.0 Å². The van der Waals surface area contributed by atoms with E-state index in [2.05, 4.69) is 10.3 Å². The lowest BCUT2D eigenvalue weighted by Crippen LogP contribution is -2.35. The van der Waals surface area contributed by atoms with Crippen LogP contribution in [0, 0.1) is 5.92 Å². The molecule has 0 radical (unpaired) electrons. The van der Waals surface area contributed by atoms with Crippen molar-refractivity contribution in [3.05, 3.63) is 24.3 Å². The standard InChI is InChI=1S/C18H24N4O4S2/c1-3-21(4-2)28(25,26)15-7-5-14(6-8-15)22-12-13(11-16(22)23)17(24)20-18-19-9-10-27-18/h5-8,13H,3-4,9-12H2,1-2H3,(H,19,20,24). The second-order valence-corrected chi connectivity index (χ2v) is 9.53. The number of hydrogen-bond acceptors (Lipinski definition) is 6. The summed E-state index contributed by atoms with van der Waals surface area (Å²) in [6.07, 6.45) is 0.128. The van der Waals surface area contributed by atoms with Crippen LogP contribution in [0.1, 0.15) is 20.3 Å². The molecule has 1 saturated heterocycles. The zero-order valence-electron chi connectivity index (χ0n) is 15.9. The van der Waals surface area contributed by atoms with Gasteiger partial charge in [-0.1, -0.05) is 25.6 Å². The molecule has 2 amide bonds. The van der Waals surface area contributed by atoms with Crippen molar-refractivity contribution in [2.24, 2.45) is 10.9 Å². The number of carbonyl (C=O) groups is 2. The smallest absolute Gasteiger partial charge is 0.243 e. The lowest BCUT2D eigenvalue weighted by Gasteiger charge is -2.20. The third kappa shape index (κ3) is 4.23. The molecular weight excluding hydrogens is 400 g/mol. The summed E-state index contributed by atoms with van der Waals surface area (Å²) in [5.41, 5.74) is 0.589. The van der Waals surface area contributed by atoms with Crippen molar-refractivity contribution in [1.82, 2.24) is 9.62 Å². The monoisotopic (exact) mass is 424 g/mol. The molecule has 28 heavy (non-hydrogen) atoms. The fourth-order valence-corrected chi connectivity index (χ4v) is 5.45. The lowest BCUT2D eigenvalue weighted by atomic mass is 10.1. The first-order chi connectivity index (χ1) is 13.4. The molecule has 8 nitrogen and oxygen atoms in total. The number of anilines is 1. The third-order valence-electron chi connectivity index (χ3n) is 4.80. The van der Waals surface area contributed by atoms with E-state index in [-0.39, 0.29) is 29.7 Å². The van der Waals surface area contributed by atoms with Crippen LogP contribution in [0.25, 0.3) is 0 Å². The molecule has 3 rings (SSSR count). The number of benzene rings is 1. The number of hydrogen-bond donors (Lipinski definition) is 1. The number of amidine groups is 1.